The van der Waals surface area contributed by atoms with Crippen molar-refractivity contribution in [1.29, 1.82) is 0 Å². The minimum absolute atomic E-state index is 0.0412. The number of ether oxygens (including phenoxy) is 4. The predicted molar refractivity (Wildman–Crippen MR) is 109 cm³/mol. The lowest BCUT2D eigenvalue weighted by atomic mass is 9.87. The first-order valence-corrected chi connectivity index (χ1v) is 9.26. The minimum Gasteiger partial charge on any atom is -0.497 e. The van der Waals surface area contributed by atoms with Gasteiger partial charge in [0.15, 0.2) is 11.5 Å². The Morgan fingerprint density at radius 2 is 1.54 bits per heavy atom. The molecule has 0 saturated heterocycles. The molecule has 0 aliphatic heterocycles. The van der Waals surface area contributed by atoms with Gasteiger partial charge in [-0.05, 0) is 47.9 Å². The van der Waals surface area contributed by atoms with Crippen molar-refractivity contribution in [1.82, 2.24) is 5.32 Å². The Morgan fingerprint density at radius 1 is 0.893 bits per heavy atom. The van der Waals surface area contributed by atoms with E-state index in [2.05, 4.69) is 5.32 Å². The molecule has 1 N–H and O–H groups in total. The maximum atomic E-state index is 12.8. The maximum absolute atomic E-state index is 12.8. The van der Waals surface area contributed by atoms with Crippen LogP contribution in [-0.2, 0) is 4.79 Å². The SMILES string of the molecule is COc1ccc(OCCNC(=O)C(c2ccc(OC)c(OC)c2)C(C)C)cc1. The third-order valence-electron chi connectivity index (χ3n) is 4.45. The van der Waals surface area contributed by atoms with Crippen molar-refractivity contribution >= 4 is 5.91 Å². The summed E-state index contributed by atoms with van der Waals surface area (Å²) < 4.78 is 21.4. The van der Waals surface area contributed by atoms with Crippen LogP contribution in [0.15, 0.2) is 42.5 Å². The molecule has 0 spiro atoms. The number of benzene rings is 2. The van der Waals surface area contributed by atoms with Crippen molar-refractivity contribution in [3.63, 3.8) is 0 Å². The second kappa shape index (κ2) is 10.4. The Hall–Kier alpha value is -2.89. The quantitative estimate of drug-likeness (QED) is 0.631. The van der Waals surface area contributed by atoms with Crippen LogP contribution in [0.5, 0.6) is 23.0 Å². The molecule has 0 heterocycles. The summed E-state index contributed by atoms with van der Waals surface area (Å²) in [5.74, 6) is 2.55. The van der Waals surface area contributed by atoms with Gasteiger partial charge in [0.2, 0.25) is 5.91 Å². The molecule has 0 bridgehead atoms. The fourth-order valence-corrected chi connectivity index (χ4v) is 3.01. The summed E-state index contributed by atoms with van der Waals surface area (Å²) in [7, 11) is 4.80. The lowest BCUT2D eigenvalue weighted by molar-refractivity contribution is -0.123. The van der Waals surface area contributed by atoms with Gasteiger partial charge in [0.25, 0.3) is 0 Å². The maximum Gasteiger partial charge on any atom is 0.227 e. The van der Waals surface area contributed by atoms with Crippen LogP contribution < -0.4 is 24.3 Å². The third-order valence-corrected chi connectivity index (χ3v) is 4.45. The number of methoxy groups -OCH3 is 3. The largest absolute Gasteiger partial charge is 0.497 e. The van der Waals surface area contributed by atoms with Gasteiger partial charge in [0.05, 0.1) is 33.8 Å². The Kier molecular flexibility index (Phi) is 7.99. The smallest absolute Gasteiger partial charge is 0.227 e. The normalized spacial score (nSPS) is 11.6. The number of carbonyl (C=O) groups excluding carboxylic acids is 1. The van der Waals surface area contributed by atoms with Crippen LogP contribution in [0.2, 0.25) is 0 Å². The summed E-state index contributed by atoms with van der Waals surface area (Å²) in [6.45, 7) is 4.85. The van der Waals surface area contributed by atoms with Crippen LogP contribution in [0.25, 0.3) is 0 Å². The molecule has 0 radical (unpaired) electrons. The topological polar surface area (TPSA) is 66.0 Å². The van der Waals surface area contributed by atoms with Crippen molar-refractivity contribution < 1.29 is 23.7 Å². The van der Waals surface area contributed by atoms with Gasteiger partial charge < -0.3 is 24.3 Å². The minimum atomic E-state index is -0.291. The fourth-order valence-electron chi connectivity index (χ4n) is 3.01. The number of nitrogens with one attached hydrogen (secondary N) is 1. The van der Waals surface area contributed by atoms with Gasteiger partial charge in [0.1, 0.15) is 18.1 Å². The summed E-state index contributed by atoms with van der Waals surface area (Å²) in [6.07, 6.45) is 0. The zero-order valence-electron chi connectivity index (χ0n) is 17.2. The van der Waals surface area contributed by atoms with Gasteiger partial charge in [0, 0.05) is 0 Å². The molecule has 0 aliphatic rings. The van der Waals surface area contributed by atoms with Gasteiger partial charge in [-0.3, -0.25) is 4.79 Å². The van der Waals surface area contributed by atoms with Crippen LogP contribution in [0.3, 0.4) is 0 Å². The van der Waals surface area contributed by atoms with Gasteiger partial charge in [-0.1, -0.05) is 19.9 Å². The van der Waals surface area contributed by atoms with Gasteiger partial charge in [-0.2, -0.15) is 0 Å². The average Bonchev–Trinajstić information content (AvgIpc) is 2.71. The summed E-state index contributed by atoms with van der Waals surface area (Å²) >= 11 is 0. The predicted octanol–water partition coefficient (Wildman–Crippen LogP) is 3.65. The molecular formula is C22H29NO5. The summed E-state index contributed by atoms with van der Waals surface area (Å²) in [6, 6.07) is 12.9. The zero-order chi connectivity index (χ0) is 20.5. The molecule has 1 unspecified atom stereocenters. The molecule has 0 saturated carbocycles. The molecule has 2 aromatic rings. The lowest BCUT2D eigenvalue weighted by Gasteiger charge is -2.22. The molecule has 6 nitrogen and oxygen atoms in total. The monoisotopic (exact) mass is 387 g/mol. The van der Waals surface area contributed by atoms with E-state index in [1.54, 1.807) is 21.3 Å². The molecule has 28 heavy (non-hydrogen) atoms. The van der Waals surface area contributed by atoms with E-state index in [1.807, 2.05) is 56.3 Å². The number of rotatable bonds is 10. The molecule has 1 atom stereocenters. The number of hydrogen-bond donors (Lipinski definition) is 1. The van der Waals surface area contributed by atoms with E-state index in [0.29, 0.717) is 24.7 Å². The van der Waals surface area contributed by atoms with Crippen LogP contribution in [0.1, 0.15) is 25.3 Å². The summed E-state index contributed by atoms with van der Waals surface area (Å²) in [5, 5.41) is 2.96. The lowest BCUT2D eigenvalue weighted by Crippen LogP contribution is -2.34. The first-order chi connectivity index (χ1) is 13.5. The molecule has 2 rings (SSSR count). The van der Waals surface area contributed by atoms with E-state index in [-0.39, 0.29) is 17.7 Å². The molecule has 0 aliphatic carbocycles. The Balaban J connectivity index is 1.95. The Bertz CT molecular complexity index is 758. The summed E-state index contributed by atoms with van der Waals surface area (Å²) in [4.78, 5) is 12.8. The molecule has 0 fully saturated rings. The number of carbonyl (C=O) groups is 1. The first kappa shape index (κ1) is 21.4. The third kappa shape index (κ3) is 5.55. The van der Waals surface area contributed by atoms with E-state index < -0.39 is 0 Å². The molecule has 6 heteroatoms. The molecular weight excluding hydrogens is 358 g/mol. The first-order valence-electron chi connectivity index (χ1n) is 9.26. The highest BCUT2D eigenvalue weighted by atomic mass is 16.5. The standard InChI is InChI=1S/C22H29NO5/c1-15(2)21(16-6-11-19(26-4)20(14-16)27-5)22(24)23-12-13-28-18-9-7-17(25-3)8-10-18/h6-11,14-15,21H,12-13H2,1-5H3,(H,23,24). The van der Waals surface area contributed by atoms with Gasteiger partial charge in [-0.15, -0.1) is 0 Å². The average molecular weight is 387 g/mol. The van der Waals surface area contributed by atoms with Crippen molar-refractivity contribution in [3.8, 4) is 23.0 Å². The number of hydrogen-bond acceptors (Lipinski definition) is 5. The zero-order valence-corrected chi connectivity index (χ0v) is 17.2. The number of amides is 1. The second-order valence-electron chi connectivity index (χ2n) is 6.65. The Labute approximate surface area is 166 Å². The van der Waals surface area contributed by atoms with E-state index >= 15 is 0 Å². The van der Waals surface area contributed by atoms with E-state index in [1.165, 1.54) is 0 Å². The van der Waals surface area contributed by atoms with Crippen molar-refractivity contribution in [2.24, 2.45) is 5.92 Å². The fraction of sp³-hybridized carbons (Fsp3) is 0.409. The van der Waals surface area contributed by atoms with Crippen molar-refractivity contribution in [2.45, 2.75) is 19.8 Å². The van der Waals surface area contributed by atoms with Crippen molar-refractivity contribution in [2.75, 3.05) is 34.5 Å². The van der Waals surface area contributed by atoms with Gasteiger partial charge >= 0.3 is 0 Å². The molecule has 0 aromatic heterocycles. The van der Waals surface area contributed by atoms with Crippen LogP contribution >= 0.6 is 0 Å². The van der Waals surface area contributed by atoms with Crippen LogP contribution in [0.4, 0.5) is 0 Å². The molecule has 1 amide bonds. The van der Waals surface area contributed by atoms with Gasteiger partial charge in [-0.25, -0.2) is 0 Å². The molecule has 2 aromatic carbocycles. The highest BCUT2D eigenvalue weighted by molar-refractivity contribution is 5.84. The second-order valence-corrected chi connectivity index (χ2v) is 6.65. The van der Waals surface area contributed by atoms with E-state index in [0.717, 1.165) is 17.1 Å². The molecule has 152 valence electrons. The summed E-state index contributed by atoms with van der Waals surface area (Å²) in [5.41, 5.74) is 0.890. The van der Waals surface area contributed by atoms with E-state index in [9.17, 15) is 4.79 Å². The highest BCUT2D eigenvalue weighted by Gasteiger charge is 2.25. The van der Waals surface area contributed by atoms with Crippen molar-refractivity contribution in [3.05, 3.63) is 48.0 Å². The van der Waals surface area contributed by atoms with E-state index in [4.69, 9.17) is 18.9 Å². The van der Waals surface area contributed by atoms with Crippen LogP contribution in [0, 0.1) is 5.92 Å². The highest BCUT2D eigenvalue weighted by Crippen LogP contribution is 2.33. The Morgan fingerprint density at radius 3 is 2.11 bits per heavy atom. The van der Waals surface area contributed by atoms with Crippen LogP contribution in [-0.4, -0.2) is 40.4 Å².